The van der Waals surface area contributed by atoms with Gasteiger partial charge in [-0.1, -0.05) is 0 Å². The van der Waals surface area contributed by atoms with Gasteiger partial charge in [-0.15, -0.1) is 11.3 Å². The van der Waals surface area contributed by atoms with Crippen LogP contribution in [0.2, 0.25) is 0 Å². The molecule has 0 aliphatic rings. The van der Waals surface area contributed by atoms with Gasteiger partial charge in [-0.2, -0.15) is 4.98 Å². The maximum Gasteiger partial charge on any atom is 0.226 e. The van der Waals surface area contributed by atoms with Crippen molar-refractivity contribution >= 4 is 17.3 Å². The molecular weight excluding hydrogens is 236 g/mol. The van der Waals surface area contributed by atoms with E-state index in [0.29, 0.717) is 11.8 Å². The Morgan fingerprint density at radius 2 is 2.24 bits per heavy atom. The number of aryl methyl sites for hydroxylation is 1. The zero-order valence-electron chi connectivity index (χ0n) is 9.97. The minimum atomic E-state index is 0.0841. The highest BCUT2D eigenvalue weighted by molar-refractivity contribution is 7.09. The lowest BCUT2D eigenvalue weighted by atomic mass is 10.3. The van der Waals surface area contributed by atoms with Crippen molar-refractivity contribution in [2.24, 2.45) is 0 Å². The lowest BCUT2D eigenvalue weighted by molar-refractivity contribution is 0.397. The van der Waals surface area contributed by atoms with E-state index >= 15 is 0 Å². The van der Waals surface area contributed by atoms with E-state index < -0.39 is 0 Å². The SMILES string of the molecule is COc1ccnc(NC(C)c2nc(C)cs2)n1. The standard InChI is InChI=1S/C11H14N4OS/c1-7-6-17-10(13-7)8(2)14-11-12-5-4-9(15-11)16-3/h4-6,8H,1-3H3,(H,12,14,15). The maximum atomic E-state index is 5.04. The monoisotopic (exact) mass is 250 g/mol. The maximum absolute atomic E-state index is 5.04. The summed E-state index contributed by atoms with van der Waals surface area (Å²) in [7, 11) is 1.58. The number of nitrogens with zero attached hydrogens (tertiary/aromatic N) is 3. The van der Waals surface area contributed by atoms with Gasteiger partial charge in [0.05, 0.1) is 13.2 Å². The van der Waals surface area contributed by atoms with Crippen LogP contribution in [0.25, 0.3) is 0 Å². The first-order valence-electron chi connectivity index (χ1n) is 5.24. The Morgan fingerprint density at radius 1 is 1.41 bits per heavy atom. The van der Waals surface area contributed by atoms with E-state index in [1.807, 2.05) is 19.2 Å². The molecule has 5 nitrogen and oxygen atoms in total. The first kappa shape index (κ1) is 11.8. The number of nitrogens with one attached hydrogen (secondary N) is 1. The molecule has 0 bridgehead atoms. The fraction of sp³-hybridized carbons (Fsp3) is 0.364. The Labute approximate surface area is 104 Å². The summed E-state index contributed by atoms with van der Waals surface area (Å²) in [5, 5.41) is 6.24. The Hall–Kier alpha value is -1.69. The second-order valence-electron chi connectivity index (χ2n) is 3.62. The van der Waals surface area contributed by atoms with Crippen LogP contribution >= 0.6 is 11.3 Å². The fourth-order valence-electron chi connectivity index (χ4n) is 1.35. The molecule has 2 aromatic rings. The minimum Gasteiger partial charge on any atom is -0.481 e. The van der Waals surface area contributed by atoms with Crippen LogP contribution in [0.3, 0.4) is 0 Å². The second-order valence-corrected chi connectivity index (χ2v) is 4.51. The van der Waals surface area contributed by atoms with Crippen molar-refractivity contribution in [1.29, 1.82) is 0 Å². The number of ether oxygens (including phenoxy) is 1. The summed E-state index contributed by atoms with van der Waals surface area (Å²) in [6, 6.07) is 1.80. The third kappa shape index (κ3) is 2.91. The number of thiazole rings is 1. The summed E-state index contributed by atoms with van der Waals surface area (Å²) >= 11 is 1.63. The van der Waals surface area contributed by atoms with Gasteiger partial charge in [0.15, 0.2) is 0 Å². The zero-order valence-corrected chi connectivity index (χ0v) is 10.8. The van der Waals surface area contributed by atoms with Crippen LogP contribution in [0.15, 0.2) is 17.6 Å². The van der Waals surface area contributed by atoms with Crippen LogP contribution in [0.4, 0.5) is 5.95 Å². The van der Waals surface area contributed by atoms with Gasteiger partial charge < -0.3 is 10.1 Å². The third-order valence-corrected chi connectivity index (χ3v) is 3.34. The molecule has 2 rings (SSSR count). The predicted molar refractivity (Wildman–Crippen MR) is 67.5 cm³/mol. The summed E-state index contributed by atoms with van der Waals surface area (Å²) in [5.74, 6) is 1.09. The molecule has 17 heavy (non-hydrogen) atoms. The van der Waals surface area contributed by atoms with Crippen molar-refractivity contribution in [1.82, 2.24) is 15.0 Å². The molecule has 0 spiro atoms. The van der Waals surface area contributed by atoms with E-state index in [1.165, 1.54) is 0 Å². The molecule has 90 valence electrons. The lowest BCUT2D eigenvalue weighted by Crippen LogP contribution is -2.09. The Kier molecular flexibility index (Phi) is 3.53. The van der Waals surface area contributed by atoms with Gasteiger partial charge in [-0.3, -0.25) is 0 Å². The normalized spacial score (nSPS) is 12.2. The van der Waals surface area contributed by atoms with E-state index in [-0.39, 0.29) is 6.04 Å². The van der Waals surface area contributed by atoms with E-state index in [9.17, 15) is 0 Å². The summed E-state index contributed by atoms with van der Waals surface area (Å²) < 4.78 is 5.04. The van der Waals surface area contributed by atoms with E-state index in [1.54, 1.807) is 30.7 Å². The van der Waals surface area contributed by atoms with Crippen LogP contribution < -0.4 is 10.1 Å². The quantitative estimate of drug-likeness (QED) is 0.903. The van der Waals surface area contributed by atoms with Crippen LogP contribution in [0, 0.1) is 6.92 Å². The highest BCUT2D eigenvalue weighted by Gasteiger charge is 2.10. The molecule has 2 aromatic heterocycles. The van der Waals surface area contributed by atoms with E-state index in [4.69, 9.17) is 4.74 Å². The van der Waals surface area contributed by atoms with Gasteiger partial charge in [-0.25, -0.2) is 9.97 Å². The number of rotatable bonds is 4. The summed E-state index contributed by atoms with van der Waals surface area (Å²) in [5.41, 5.74) is 1.03. The molecule has 0 aliphatic carbocycles. The average Bonchev–Trinajstić information content (AvgIpc) is 2.76. The molecule has 0 saturated carbocycles. The second kappa shape index (κ2) is 5.09. The highest BCUT2D eigenvalue weighted by Crippen LogP contribution is 2.21. The van der Waals surface area contributed by atoms with Gasteiger partial charge in [0, 0.05) is 23.3 Å². The smallest absolute Gasteiger partial charge is 0.226 e. The molecule has 1 N–H and O–H groups in total. The van der Waals surface area contributed by atoms with Crippen molar-refractivity contribution in [3.05, 3.63) is 28.3 Å². The fourth-order valence-corrected chi connectivity index (χ4v) is 2.16. The van der Waals surface area contributed by atoms with E-state index in [0.717, 1.165) is 10.7 Å². The van der Waals surface area contributed by atoms with Crippen molar-refractivity contribution < 1.29 is 4.74 Å². The molecule has 2 heterocycles. The predicted octanol–water partition coefficient (Wildman–Crippen LogP) is 2.42. The molecule has 0 saturated heterocycles. The summed E-state index contributed by atoms with van der Waals surface area (Å²) in [6.45, 7) is 4.01. The Balaban J connectivity index is 2.09. The zero-order chi connectivity index (χ0) is 12.3. The Bertz CT molecular complexity index is 500. The van der Waals surface area contributed by atoms with Crippen molar-refractivity contribution in [2.75, 3.05) is 12.4 Å². The first-order chi connectivity index (χ1) is 8.19. The molecule has 1 atom stereocenters. The first-order valence-corrected chi connectivity index (χ1v) is 6.12. The van der Waals surface area contributed by atoms with Gasteiger partial charge in [0.1, 0.15) is 5.01 Å². The third-order valence-electron chi connectivity index (χ3n) is 2.19. The average molecular weight is 250 g/mol. The van der Waals surface area contributed by atoms with Crippen LogP contribution in [0.5, 0.6) is 5.88 Å². The highest BCUT2D eigenvalue weighted by atomic mass is 32.1. The summed E-state index contributed by atoms with van der Waals surface area (Å²) in [4.78, 5) is 12.7. The lowest BCUT2D eigenvalue weighted by Gasteiger charge is -2.11. The van der Waals surface area contributed by atoms with Gasteiger partial charge in [-0.05, 0) is 13.8 Å². The molecule has 6 heteroatoms. The number of anilines is 1. The molecule has 0 aliphatic heterocycles. The van der Waals surface area contributed by atoms with Crippen LogP contribution in [0.1, 0.15) is 23.7 Å². The molecule has 0 aromatic carbocycles. The van der Waals surface area contributed by atoms with Crippen molar-refractivity contribution in [2.45, 2.75) is 19.9 Å². The van der Waals surface area contributed by atoms with E-state index in [2.05, 4.69) is 20.3 Å². The van der Waals surface area contributed by atoms with Crippen molar-refractivity contribution in [3.63, 3.8) is 0 Å². The molecule has 0 radical (unpaired) electrons. The molecular formula is C11H14N4OS. The largest absolute Gasteiger partial charge is 0.481 e. The number of aromatic nitrogens is 3. The van der Waals surface area contributed by atoms with Crippen LogP contribution in [-0.4, -0.2) is 22.1 Å². The van der Waals surface area contributed by atoms with Crippen molar-refractivity contribution in [3.8, 4) is 5.88 Å². The van der Waals surface area contributed by atoms with Gasteiger partial charge in [0.25, 0.3) is 0 Å². The van der Waals surface area contributed by atoms with Gasteiger partial charge in [0.2, 0.25) is 11.8 Å². The Morgan fingerprint density at radius 3 is 2.88 bits per heavy atom. The molecule has 0 amide bonds. The minimum absolute atomic E-state index is 0.0841. The van der Waals surface area contributed by atoms with Crippen LogP contribution in [-0.2, 0) is 0 Å². The summed E-state index contributed by atoms with van der Waals surface area (Å²) in [6.07, 6.45) is 1.66. The number of hydrogen-bond acceptors (Lipinski definition) is 6. The number of methoxy groups -OCH3 is 1. The number of hydrogen-bond donors (Lipinski definition) is 1. The molecule has 0 fully saturated rings. The van der Waals surface area contributed by atoms with Gasteiger partial charge >= 0.3 is 0 Å². The molecule has 1 unspecified atom stereocenters. The topological polar surface area (TPSA) is 59.9 Å².